The summed E-state index contributed by atoms with van der Waals surface area (Å²) in [7, 11) is 0. The number of amides is 2. The number of benzene rings is 1. The van der Waals surface area contributed by atoms with Gasteiger partial charge in [0.15, 0.2) is 0 Å². The third kappa shape index (κ3) is 3.99. The number of pyridine rings is 1. The maximum Gasteiger partial charge on any atom is 0.321 e. The largest absolute Gasteiger partial charge is 0.361 e. The van der Waals surface area contributed by atoms with Gasteiger partial charge in [-0.25, -0.2) is 9.18 Å². The third-order valence-corrected chi connectivity index (χ3v) is 6.71. The summed E-state index contributed by atoms with van der Waals surface area (Å²) in [6.45, 7) is 5.26. The molecule has 166 valence electrons. The van der Waals surface area contributed by atoms with Crippen LogP contribution in [0, 0.1) is 12.7 Å². The number of aromatic nitrogens is 2. The van der Waals surface area contributed by atoms with E-state index < -0.39 is 5.82 Å². The van der Waals surface area contributed by atoms with Gasteiger partial charge in [0.2, 0.25) is 0 Å². The first-order chi connectivity index (χ1) is 15.4. The first-order valence-electron chi connectivity index (χ1n) is 11.2. The van der Waals surface area contributed by atoms with Gasteiger partial charge >= 0.3 is 6.03 Å². The zero-order valence-electron chi connectivity index (χ0n) is 18.4. The highest BCUT2D eigenvalue weighted by Gasteiger charge is 2.38. The number of likely N-dealkylation sites (tertiary alicyclic amines) is 1. The highest BCUT2D eigenvalue weighted by molar-refractivity contribution is 5.94. The maximum absolute atomic E-state index is 14.7. The summed E-state index contributed by atoms with van der Waals surface area (Å²) < 4.78 is 20.3. The average Bonchev–Trinajstić information content (AvgIpc) is 3.51. The molecule has 0 bridgehead atoms. The van der Waals surface area contributed by atoms with E-state index in [2.05, 4.69) is 28.4 Å². The number of nitrogens with zero attached hydrogens (tertiary/aromatic N) is 3. The first-order valence-corrected chi connectivity index (χ1v) is 11.2. The van der Waals surface area contributed by atoms with Crippen LogP contribution in [0.5, 0.6) is 0 Å². The van der Waals surface area contributed by atoms with Crippen molar-refractivity contribution in [3.8, 4) is 11.1 Å². The quantitative estimate of drug-likeness (QED) is 0.576. The van der Waals surface area contributed by atoms with E-state index in [0.717, 1.165) is 35.4 Å². The van der Waals surface area contributed by atoms with Crippen LogP contribution in [-0.2, 0) is 5.41 Å². The van der Waals surface area contributed by atoms with E-state index in [4.69, 9.17) is 4.52 Å². The molecular weight excluding hydrogens is 407 g/mol. The van der Waals surface area contributed by atoms with Gasteiger partial charge in [-0.1, -0.05) is 24.2 Å². The summed E-state index contributed by atoms with van der Waals surface area (Å²) >= 11 is 0. The molecule has 1 aromatic carbocycles. The molecule has 6 nitrogen and oxygen atoms in total. The Kier molecular flexibility index (Phi) is 5.19. The predicted octanol–water partition coefficient (Wildman–Crippen LogP) is 5.65. The molecule has 2 fully saturated rings. The summed E-state index contributed by atoms with van der Waals surface area (Å²) in [4.78, 5) is 19.0. The lowest BCUT2D eigenvalue weighted by molar-refractivity contribution is 0.170. The minimum absolute atomic E-state index is 0.121. The predicted molar refractivity (Wildman–Crippen MR) is 120 cm³/mol. The molecule has 0 spiro atoms. The number of carbonyl (C=O) groups is 1. The van der Waals surface area contributed by atoms with E-state index in [1.165, 1.54) is 18.9 Å². The van der Waals surface area contributed by atoms with Crippen molar-refractivity contribution >= 4 is 11.7 Å². The molecule has 1 aliphatic heterocycles. The van der Waals surface area contributed by atoms with Gasteiger partial charge in [-0.15, -0.1) is 0 Å². The molecule has 0 unspecified atom stereocenters. The van der Waals surface area contributed by atoms with Crippen molar-refractivity contribution in [3.05, 3.63) is 65.6 Å². The van der Waals surface area contributed by atoms with Crippen LogP contribution in [0.1, 0.15) is 55.5 Å². The lowest BCUT2D eigenvalue weighted by atomic mass is 9.77. The number of anilines is 1. The molecule has 7 heteroatoms. The fourth-order valence-corrected chi connectivity index (χ4v) is 4.37. The summed E-state index contributed by atoms with van der Waals surface area (Å²) in [5, 5.41) is 7.14. The number of hydrogen-bond donors (Lipinski definition) is 1. The molecule has 0 atom stereocenters. The van der Waals surface area contributed by atoms with E-state index >= 15 is 0 Å². The number of carbonyl (C=O) groups excluding carboxylic acids is 1. The van der Waals surface area contributed by atoms with Crippen molar-refractivity contribution in [2.24, 2.45) is 0 Å². The molecule has 0 radical (unpaired) electrons. The van der Waals surface area contributed by atoms with Gasteiger partial charge in [0, 0.05) is 54.0 Å². The van der Waals surface area contributed by atoms with Crippen LogP contribution >= 0.6 is 0 Å². The zero-order valence-corrected chi connectivity index (χ0v) is 18.4. The second-order valence-corrected chi connectivity index (χ2v) is 9.28. The lowest BCUT2D eigenvalue weighted by Gasteiger charge is -2.38. The highest BCUT2D eigenvalue weighted by atomic mass is 19.1. The Morgan fingerprint density at radius 3 is 2.72 bits per heavy atom. The van der Waals surface area contributed by atoms with Gasteiger partial charge in [0.25, 0.3) is 0 Å². The number of para-hydroxylation sites is 1. The van der Waals surface area contributed by atoms with Crippen LogP contribution in [-0.4, -0.2) is 34.2 Å². The molecule has 3 aromatic rings. The van der Waals surface area contributed by atoms with Crippen molar-refractivity contribution < 1.29 is 13.7 Å². The number of nitrogens with one attached hydrogen (secondary N) is 1. The number of halogens is 1. The van der Waals surface area contributed by atoms with Gasteiger partial charge in [-0.05, 0) is 50.3 Å². The second kappa shape index (κ2) is 8.04. The first kappa shape index (κ1) is 20.7. The van der Waals surface area contributed by atoms with Crippen LogP contribution in [0.25, 0.3) is 11.1 Å². The van der Waals surface area contributed by atoms with E-state index in [1.807, 2.05) is 13.0 Å². The van der Waals surface area contributed by atoms with Crippen LogP contribution in [0.2, 0.25) is 0 Å². The molecule has 1 N–H and O–H groups in total. The van der Waals surface area contributed by atoms with Crippen LogP contribution < -0.4 is 5.32 Å². The average molecular weight is 435 g/mol. The summed E-state index contributed by atoms with van der Waals surface area (Å²) in [5.41, 5.74) is 3.39. The topological polar surface area (TPSA) is 71.3 Å². The highest BCUT2D eigenvalue weighted by Crippen LogP contribution is 2.43. The van der Waals surface area contributed by atoms with Crippen molar-refractivity contribution in [1.82, 2.24) is 15.0 Å². The van der Waals surface area contributed by atoms with Crippen molar-refractivity contribution in [2.75, 3.05) is 18.4 Å². The SMILES string of the molecule is Cc1cncc(-c2cccc(F)c2NC(=O)N2CCC(C)(c3cc(C4CC4)on3)CC2)c1. The Morgan fingerprint density at radius 1 is 1.22 bits per heavy atom. The molecule has 1 saturated heterocycles. The Bertz CT molecular complexity index is 1150. The van der Waals surface area contributed by atoms with Crippen LogP contribution in [0.4, 0.5) is 14.9 Å². The molecule has 2 aromatic heterocycles. The molecular formula is C25H27FN4O2. The molecule has 3 heterocycles. The molecule has 1 saturated carbocycles. The van der Waals surface area contributed by atoms with Gasteiger partial charge < -0.3 is 14.7 Å². The minimum Gasteiger partial charge on any atom is -0.361 e. The fraction of sp³-hybridized carbons (Fsp3) is 0.400. The van der Waals surface area contributed by atoms with Gasteiger partial charge in [-0.3, -0.25) is 4.98 Å². The standard InChI is InChI=1S/C25H27FN4O2/c1-16-12-18(15-27-14-16)19-4-3-5-20(26)23(19)28-24(31)30-10-8-25(2,9-11-30)22-13-21(32-29-22)17-6-7-17/h3-5,12-15,17H,6-11H2,1-2H3,(H,28,31). The smallest absolute Gasteiger partial charge is 0.321 e. The molecule has 2 aliphatic rings. The summed E-state index contributed by atoms with van der Waals surface area (Å²) in [6.07, 6.45) is 7.34. The Labute approximate surface area is 186 Å². The van der Waals surface area contributed by atoms with Crippen molar-refractivity contribution in [2.45, 2.75) is 50.9 Å². The monoisotopic (exact) mass is 434 g/mol. The number of urea groups is 1. The number of piperidine rings is 1. The fourth-order valence-electron chi connectivity index (χ4n) is 4.37. The minimum atomic E-state index is -0.464. The van der Waals surface area contributed by atoms with Gasteiger partial charge in [0.05, 0.1) is 11.4 Å². The summed E-state index contributed by atoms with van der Waals surface area (Å²) in [6, 6.07) is 8.52. The number of aryl methyl sites for hydroxylation is 1. The third-order valence-electron chi connectivity index (χ3n) is 6.71. The maximum atomic E-state index is 14.7. The Morgan fingerprint density at radius 2 is 2.00 bits per heavy atom. The summed E-state index contributed by atoms with van der Waals surface area (Å²) in [5.74, 6) is 1.05. The van der Waals surface area contributed by atoms with Gasteiger partial charge in [-0.2, -0.15) is 0 Å². The second-order valence-electron chi connectivity index (χ2n) is 9.28. The van der Waals surface area contributed by atoms with Gasteiger partial charge in [0.1, 0.15) is 11.6 Å². The molecule has 1 aliphatic carbocycles. The zero-order chi connectivity index (χ0) is 22.3. The van der Waals surface area contributed by atoms with Crippen molar-refractivity contribution in [1.29, 1.82) is 0 Å². The molecule has 5 rings (SSSR count). The number of rotatable bonds is 4. The van der Waals surface area contributed by atoms with Crippen LogP contribution in [0.15, 0.2) is 47.2 Å². The van der Waals surface area contributed by atoms with E-state index in [0.29, 0.717) is 24.6 Å². The number of hydrogen-bond acceptors (Lipinski definition) is 4. The van der Waals surface area contributed by atoms with E-state index in [9.17, 15) is 9.18 Å². The molecule has 32 heavy (non-hydrogen) atoms. The Hall–Kier alpha value is -3.22. The lowest BCUT2D eigenvalue weighted by Crippen LogP contribution is -2.45. The molecule has 2 amide bonds. The van der Waals surface area contributed by atoms with Crippen LogP contribution in [0.3, 0.4) is 0 Å². The normalized spacial score (nSPS) is 17.9. The van der Waals surface area contributed by atoms with E-state index in [-0.39, 0.29) is 17.1 Å². The van der Waals surface area contributed by atoms with Crippen molar-refractivity contribution in [3.63, 3.8) is 0 Å². The van der Waals surface area contributed by atoms with E-state index in [1.54, 1.807) is 29.4 Å². The Balaban J connectivity index is 1.29.